The number of methoxy groups -OCH3 is 1. The smallest absolute Gasteiger partial charge is 0.343 e. The van der Waals surface area contributed by atoms with E-state index in [-0.39, 0.29) is 5.56 Å². The van der Waals surface area contributed by atoms with Crippen LogP contribution in [0.15, 0.2) is 34.4 Å². The van der Waals surface area contributed by atoms with E-state index in [1.165, 1.54) is 24.5 Å². The van der Waals surface area contributed by atoms with Crippen molar-refractivity contribution in [2.24, 2.45) is 0 Å². The number of nitrogens with one attached hydrogen (secondary N) is 1. The standard InChI is InChI=1S/C11H9NO3S/c1-15-11(14)7-4-5-8(12-10(7)13)9-3-2-6-16-9/h2-6H,1H3,(H,12,13). The van der Waals surface area contributed by atoms with Crippen LogP contribution in [0.5, 0.6) is 0 Å². The average Bonchev–Trinajstić information content (AvgIpc) is 2.81. The molecule has 0 spiro atoms. The molecule has 2 rings (SSSR count). The minimum absolute atomic E-state index is 0.0165. The molecule has 1 N–H and O–H groups in total. The summed E-state index contributed by atoms with van der Waals surface area (Å²) in [5, 5.41) is 1.92. The Kier molecular flexibility index (Phi) is 2.87. The topological polar surface area (TPSA) is 59.2 Å². The molecule has 0 bridgehead atoms. The first-order chi connectivity index (χ1) is 7.72. The van der Waals surface area contributed by atoms with Gasteiger partial charge in [0.1, 0.15) is 5.56 Å². The molecule has 4 nitrogen and oxygen atoms in total. The number of hydrogen-bond acceptors (Lipinski definition) is 4. The lowest BCUT2D eigenvalue weighted by molar-refractivity contribution is 0.0598. The number of esters is 1. The Balaban J connectivity index is 2.45. The van der Waals surface area contributed by atoms with Gasteiger partial charge in [0.05, 0.1) is 17.7 Å². The van der Waals surface area contributed by atoms with Crippen LogP contribution in [0.2, 0.25) is 0 Å². The van der Waals surface area contributed by atoms with Gasteiger partial charge in [-0.05, 0) is 23.6 Å². The van der Waals surface area contributed by atoms with Crippen molar-refractivity contribution in [3.63, 3.8) is 0 Å². The summed E-state index contributed by atoms with van der Waals surface area (Å²) < 4.78 is 4.49. The monoisotopic (exact) mass is 235 g/mol. The summed E-state index contributed by atoms with van der Waals surface area (Å²) in [5.41, 5.74) is 0.285. The fraction of sp³-hybridized carbons (Fsp3) is 0.0909. The van der Waals surface area contributed by atoms with E-state index in [1.807, 2.05) is 17.5 Å². The van der Waals surface area contributed by atoms with Crippen LogP contribution in [-0.2, 0) is 4.74 Å². The number of rotatable bonds is 2. The maximum atomic E-state index is 11.6. The molecular formula is C11H9NO3S. The maximum Gasteiger partial charge on any atom is 0.343 e. The van der Waals surface area contributed by atoms with Gasteiger partial charge >= 0.3 is 5.97 Å². The SMILES string of the molecule is COC(=O)c1ccc(-c2cccs2)[nH]c1=O. The molecule has 0 saturated heterocycles. The van der Waals surface area contributed by atoms with E-state index in [0.29, 0.717) is 5.69 Å². The molecule has 2 aromatic rings. The highest BCUT2D eigenvalue weighted by molar-refractivity contribution is 7.13. The predicted octanol–water partition coefficient (Wildman–Crippen LogP) is 1.89. The third-order valence-electron chi connectivity index (χ3n) is 2.10. The van der Waals surface area contributed by atoms with Crippen LogP contribution in [-0.4, -0.2) is 18.1 Å². The fourth-order valence-corrected chi connectivity index (χ4v) is 2.03. The van der Waals surface area contributed by atoms with Crippen LogP contribution in [0.1, 0.15) is 10.4 Å². The van der Waals surface area contributed by atoms with Crippen molar-refractivity contribution in [1.82, 2.24) is 4.98 Å². The van der Waals surface area contributed by atoms with Gasteiger partial charge in [0.15, 0.2) is 0 Å². The van der Waals surface area contributed by atoms with Crippen LogP contribution in [0.3, 0.4) is 0 Å². The van der Waals surface area contributed by atoms with Gasteiger partial charge in [-0.15, -0.1) is 11.3 Å². The number of hydrogen-bond donors (Lipinski definition) is 1. The summed E-state index contributed by atoms with van der Waals surface area (Å²) >= 11 is 1.52. The van der Waals surface area contributed by atoms with E-state index in [1.54, 1.807) is 6.07 Å². The normalized spacial score (nSPS) is 10.1. The summed E-state index contributed by atoms with van der Waals surface area (Å²) in [4.78, 5) is 26.4. The van der Waals surface area contributed by atoms with E-state index in [2.05, 4.69) is 9.72 Å². The van der Waals surface area contributed by atoms with E-state index in [9.17, 15) is 9.59 Å². The molecule has 5 heteroatoms. The fourth-order valence-electron chi connectivity index (χ4n) is 1.32. The Bertz CT molecular complexity index is 557. The zero-order valence-electron chi connectivity index (χ0n) is 8.52. The minimum atomic E-state index is -0.626. The average molecular weight is 235 g/mol. The summed E-state index contributed by atoms with van der Waals surface area (Å²) in [5.74, 6) is -0.626. The van der Waals surface area contributed by atoms with E-state index >= 15 is 0 Å². The molecule has 0 amide bonds. The van der Waals surface area contributed by atoms with Crippen molar-refractivity contribution in [3.05, 3.63) is 45.6 Å². The van der Waals surface area contributed by atoms with Gasteiger partial charge in [-0.1, -0.05) is 6.07 Å². The first-order valence-electron chi connectivity index (χ1n) is 4.58. The van der Waals surface area contributed by atoms with Crippen LogP contribution in [0.4, 0.5) is 0 Å². The minimum Gasteiger partial charge on any atom is -0.465 e. The number of pyridine rings is 1. The third kappa shape index (κ3) is 1.90. The Morgan fingerprint density at radius 3 is 2.75 bits per heavy atom. The highest BCUT2D eigenvalue weighted by Crippen LogP contribution is 2.21. The zero-order chi connectivity index (χ0) is 11.5. The van der Waals surface area contributed by atoms with Gasteiger partial charge in [-0.25, -0.2) is 4.79 Å². The quantitative estimate of drug-likeness (QED) is 0.808. The van der Waals surface area contributed by atoms with Gasteiger partial charge in [0.2, 0.25) is 0 Å². The Labute approximate surface area is 95.5 Å². The van der Waals surface area contributed by atoms with Gasteiger partial charge in [0.25, 0.3) is 5.56 Å². The maximum absolute atomic E-state index is 11.6. The molecule has 16 heavy (non-hydrogen) atoms. The molecule has 2 aromatic heterocycles. The van der Waals surface area contributed by atoms with Gasteiger partial charge in [-0.2, -0.15) is 0 Å². The lowest BCUT2D eigenvalue weighted by atomic mass is 10.2. The van der Waals surface area contributed by atoms with E-state index in [0.717, 1.165) is 4.88 Å². The summed E-state index contributed by atoms with van der Waals surface area (Å²) in [6.45, 7) is 0. The number of H-pyrrole nitrogens is 1. The Morgan fingerprint density at radius 1 is 1.38 bits per heavy atom. The zero-order valence-corrected chi connectivity index (χ0v) is 9.34. The number of thiophene rings is 1. The Morgan fingerprint density at radius 2 is 2.19 bits per heavy atom. The predicted molar refractivity (Wildman–Crippen MR) is 61.7 cm³/mol. The van der Waals surface area contributed by atoms with E-state index < -0.39 is 11.5 Å². The first kappa shape index (κ1) is 10.6. The molecule has 0 unspecified atom stereocenters. The highest BCUT2D eigenvalue weighted by Gasteiger charge is 2.11. The largest absolute Gasteiger partial charge is 0.465 e. The molecule has 0 aliphatic heterocycles. The summed E-state index contributed by atoms with van der Waals surface area (Å²) in [7, 11) is 1.24. The number of aromatic nitrogens is 1. The van der Waals surface area contributed by atoms with Crippen molar-refractivity contribution in [1.29, 1.82) is 0 Å². The molecule has 0 aliphatic rings. The third-order valence-corrected chi connectivity index (χ3v) is 3.00. The highest BCUT2D eigenvalue weighted by atomic mass is 32.1. The van der Waals surface area contributed by atoms with Gasteiger partial charge in [0, 0.05) is 0 Å². The second-order valence-corrected chi connectivity index (χ2v) is 4.03. The second-order valence-electron chi connectivity index (χ2n) is 3.08. The van der Waals surface area contributed by atoms with Crippen molar-refractivity contribution in [3.8, 4) is 10.6 Å². The summed E-state index contributed by atoms with van der Waals surface area (Å²) in [6.07, 6.45) is 0. The van der Waals surface area contributed by atoms with Crippen molar-refractivity contribution in [2.75, 3.05) is 7.11 Å². The van der Waals surface area contributed by atoms with Crippen LogP contribution in [0, 0.1) is 0 Å². The first-order valence-corrected chi connectivity index (χ1v) is 5.46. The molecule has 0 saturated carbocycles. The molecule has 2 heterocycles. The van der Waals surface area contributed by atoms with Crippen molar-refractivity contribution in [2.45, 2.75) is 0 Å². The van der Waals surface area contributed by atoms with Crippen LogP contribution in [0.25, 0.3) is 10.6 Å². The number of aromatic amines is 1. The number of ether oxygens (including phenoxy) is 1. The number of carbonyl (C=O) groups is 1. The van der Waals surface area contributed by atoms with Crippen molar-refractivity contribution < 1.29 is 9.53 Å². The molecule has 0 radical (unpaired) electrons. The lowest BCUT2D eigenvalue weighted by Crippen LogP contribution is -2.18. The van der Waals surface area contributed by atoms with Crippen LogP contribution < -0.4 is 5.56 Å². The molecule has 0 aromatic carbocycles. The molecule has 0 atom stereocenters. The number of carbonyl (C=O) groups excluding carboxylic acids is 1. The molecule has 82 valence electrons. The lowest BCUT2D eigenvalue weighted by Gasteiger charge is -2.00. The summed E-state index contributed by atoms with van der Waals surface area (Å²) in [6, 6.07) is 6.96. The van der Waals surface area contributed by atoms with Gasteiger partial charge in [-0.3, -0.25) is 4.79 Å². The van der Waals surface area contributed by atoms with Crippen LogP contribution >= 0.6 is 11.3 Å². The Hall–Kier alpha value is -1.88. The van der Waals surface area contributed by atoms with Gasteiger partial charge < -0.3 is 9.72 Å². The molecule has 0 aliphatic carbocycles. The molecule has 0 fully saturated rings. The van der Waals surface area contributed by atoms with E-state index in [4.69, 9.17) is 0 Å². The van der Waals surface area contributed by atoms with Crippen molar-refractivity contribution >= 4 is 17.3 Å². The second kappa shape index (κ2) is 4.32. The molecular weight excluding hydrogens is 226 g/mol.